The minimum absolute atomic E-state index is 0.177. The average molecular weight is 275 g/mol. The van der Waals surface area contributed by atoms with Crippen LogP contribution in [0.1, 0.15) is 51.1 Å². The Balaban J connectivity index is 2.08. The molecule has 3 nitrogen and oxygen atoms in total. The molecule has 0 radical (unpaired) electrons. The maximum atomic E-state index is 12.2. The Morgan fingerprint density at radius 2 is 1.95 bits per heavy atom. The summed E-state index contributed by atoms with van der Waals surface area (Å²) in [5.74, 6) is 0.499. The van der Waals surface area contributed by atoms with E-state index in [4.69, 9.17) is 4.74 Å². The van der Waals surface area contributed by atoms with Gasteiger partial charge in [0.25, 0.3) is 0 Å². The van der Waals surface area contributed by atoms with Crippen LogP contribution in [0.5, 0.6) is 0 Å². The predicted molar refractivity (Wildman–Crippen MR) is 80.4 cm³/mol. The second-order valence-corrected chi connectivity index (χ2v) is 5.60. The minimum atomic E-state index is -0.355. The van der Waals surface area contributed by atoms with Gasteiger partial charge in [-0.25, -0.2) is 4.79 Å². The first-order chi connectivity index (χ1) is 9.72. The molecule has 2 rings (SSSR count). The van der Waals surface area contributed by atoms with E-state index >= 15 is 0 Å². The molecule has 1 unspecified atom stereocenters. The lowest BCUT2D eigenvalue weighted by Gasteiger charge is -2.26. The number of esters is 1. The molecule has 0 saturated heterocycles. The van der Waals surface area contributed by atoms with E-state index in [9.17, 15) is 4.79 Å². The van der Waals surface area contributed by atoms with Crippen LogP contribution in [0, 0.1) is 5.92 Å². The van der Waals surface area contributed by atoms with Crippen molar-refractivity contribution in [3.05, 3.63) is 35.9 Å². The molecule has 1 saturated carbocycles. The number of hydrogen-bond acceptors (Lipinski definition) is 3. The molecule has 3 heteroatoms. The summed E-state index contributed by atoms with van der Waals surface area (Å²) in [4.78, 5) is 12.2. The van der Waals surface area contributed by atoms with Crippen molar-refractivity contribution in [2.24, 2.45) is 5.92 Å². The second-order valence-electron chi connectivity index (χ2n) is 5.60. The number of nitrogens with one attached hydrogen (secondary N) is 1. The molecule has 110 valence electrons. The molecule has 0 heterocycles. The number of benzene rings is 1. The first kappa shape index (κ1) is 15.0. The van der Waals surface area contributed by atoms with Crippen LogP contribution in [-0.4, -0.2) is 18.6 Å². The highest BCUT2D eigenvalue weighted by molar-refractivity contribution is 5.77. The third-order valence-electron chi connectivity index (χ3n) is 4.19. The Bertz CT molecular complexity index is 412. The SMILES string of the molecule is CCOC(=O)C(N[C@H](C)C1CCCC1)c1ccccc1. The molecule has 0 spiro atoms. The summed E-state index contributed by atoms with van der Waals surface area (Å²) in [7, 11) is 0. The van der Waals surface area contributed by atoms with E-state index in [2.05, 4.69) is 12.2 Å². The summed E-state index contributed by atoms with van der Waals surface area (Å²) in [6, 6.07) is 9.84. The first-order valence-corrected chi connectivity index (χ1v) is 7.70. The van der Waals surface area contributed by atoms with E-state index in [-0.39, 0.29) is 12.0 Å². The van der Waals surface area contributed by atoms with Gasteiger partial charge in [-0.3, -0.25) is 5.32 Å². The summed E-state index contributed by atoms with van der Waals surface area (Å²) in [6.07, 6.45) is 5.15. The highest BCUT2D eigenvalue weighted by Gasteiger charge is 2.28. The van der Waals surface area contributed by atoms with Crippen LogP contribution in [0.15, 0.2) is 30.3 Å². The molecule has 1 N–H and O–H groups in total. The van der Waals surface area contributed by atoms with Gasteiger partial charge in [-0.2, -0.15) is 0 Å². The average Bonchev–Trinajstić information content (AvgIpc) is 3.00. The van der Waals surface area contributed by atoms with Crippen LogP contribution in [0.25, 0.3) is 0 Å². The molecule has 0 bridgehead atoms. The fourth-order valence-corrected chi connectivity index (χ4v) is 3.03. The Morgan fingerprint density at radius 3 is 2.55 bits per heavy atom. The fourth-order valence-electron chi connectivity index (χ4n) is 3.03. The maximum absolute atomic E-state index is 12.2. The van der Waals surface area contributed by atoms with E-state index in [1.807, 2.05) is 37.3 Å². The lowest BCUT2D eigenvalue weighted by Crippen LogP contribution is -2.39. The monoisotopic (exact) mass is 275 g/mol. The molecule has 2 atom stereocenters. The molecule has 1 aliphatic carbocycles. The molecule has 0 amide bonds. The minimum Gasteiger partial charge on any atom is -0.465 e. The van der Waals surface area contributed by atoms with Gasteiger partial charge >= 0.3 is 5.97 Å². The second kappa shape index (κ2) is 7.44. The normalized spacial score (nSPS) is 18.7. The number of carbonyl (C=O) groups excluding carboxylic acids is 1. The quantitative estimate of drug-likeness (QED) is 0.808. The lowest BCUT2D eigenvalue weighted by atomic mass is 9.97. The zero-order valence-electron chi connectivity index (χ0n) is 12.5. The van der Waals surface area contributed by atoms with E-state index in [1.165, 1.54) is 25.7 Å². The van der Waals surface area contributed by atoms with Crippen molar-refractivity contribution in [3.8, 4) is 0 Å². The number of hydrogen-bond donors (Lipinski definition) is 1. The lowest BCUT2D eigenvalue weighted by molar-refractivity contribution is -0.146. The van der Waals surface area contributed by atoms with Gasteiger partial charge in [-0.1, -0.05) is 43.2 Å². The van der Waals surface area contributed by atoms with E-state index < -0.39 is 0 Å². The molecule has 1 aromatic rings. The van der Waals surface area contributed by atoms with Gasteiger partial charge in [0.05, 0.1) is 6.61 Å². The van der Waals surface area contributed by atoms with Gasteiger partial charge in [-0.15, -0.1) is 0 Å². The molecular weight excluding hydrogens is 250 g/mol. The van der Waals surface area contributed by atoms with Crippen LogP contribution < -0.4 is 5.32 Å². The Labute approximate surface area is 121 Å². The van der Waals surface area contributed by atoms with Crippen LogP contribution in [0.2, 0.25) is 0 Å². The molecule has 0 aliphatic heterocycles. The van der Waals surface area contributed by atoms with Crippen LogP contribution >= 0.6 is 0 Å². The molecule has 1 fully saturated rings. The topological polar surface area (TPSA) is 38.3 Å². The molecule has 0 aromatic heterocycles. The van der Waals surface area contributed by atoms with Crippen LogP contribution in [0.3, 0.4) is 0 Å². The summed E-state index contributed by atoms with van der Waals surface area (Å²) < 4.78 is 5.22. The van der Waals surface area contributed by atoms with Gasteiger partial charge in [-0.05, 0) is 38.2 Å². The zero-order chi connectivity index (χ0) is 14.4. The van der Waals surface area contributed by atoms with Crippen LogP contribution in [0.4, 0.5) is 0 Å². The van der Waals surface area contributed by atoms with Crippen molar-refractivity contribution >= 4 is 5.97 Å². The Kier molecular flexibility index (Phi) is 5.60. The molecule has 20 heavy (non-hydrogen) atoms. The standard InChI is InChI=1S/C17H25NO2/c1-3-20-17(19)16(15-11-5-4-6-12-15)18-13(2)14-9-7-8-10-14/h4-6,11-14,16,18H,3,7-10H2,1-2H3/t13-,16?/m1/s1. The third kappa shape index (κ3) is 3.83. The first-order valence-electron chi connectivity index (χ1n) is 7.70. The van der Waals surface area contributed by atoms with Crippen molar-refractivity contribution < 1.29 is 9.53 Å². The van der Waals surface area contributed by atoms with Gasteiger partial charge in [0, 0.05) is 6.04 Å². The molecule has 1 aromatic carbocycles. The van der Waals surface area contributed by atoms with E-state index in [0.29, 0.717) is 18.6 Å². The number of carbonyl (C=O) groups is 1. The summed E-state index contributed by atoms with van der Waals surface area (Å²) >= 11 is 0. The fraction of sp³-hybridized carbons (Fsp3) is 0.588. The van der Waals surface area contributed by atoms with Crippen molar-refractivity contribution in [1.29, 1.82) is 0 Å². The molecule has 1 aliphatic rings. The van der Waals surface area contributed by atoms with Crippen molar-refractivity contribution in [3.63, 3.8) is 0 Å². The van der Waals surface area contributed by atoms with E-state index in [1.54, 1.807) is 0 Å². The maximum Gasteiger partial charge on any atom is 0.327 e. The third-order valence-corrected chi connectivity index (χ3v) is 4.19. The van der Waals surface area contributed by atoms with Gasteiger partial charge in [0.1, 0.15) is 6.04 Å². The zero-order valence-corrected chi connectivity index (χ0v) is 12.5. The van der Waals surface area contributed by atoms with E-state index in [0.717, 1.165) is 5.56 Å². The highest BCUT2D eigenvalue weighted by Crippen LogP contribution is 2.29. The Hall–Kier alpha value is -1.35. The van der Waals surface area contributed by atoms with Crippen molar-refractivity contribution in [2.45, 2.75) is 51.6 Å². The van der Waals surface area contributed by atoms with Crippen LogP contribution in [-0.2, 0) is 9.53 Å². The van der Waals surface area contributed by atoms with Crippen molar-refractivity contribution in [1.82, 2.24) is 5.32 Å². The Morgan fingerprint density at radius 1 is 1.30 bits per heavy atom. The van der Waals surface area contributed by atoms with Gasteiger partial charge in [0.2, 0.25) is 0 Å². The van der Waals surface area contributed by atoms with Gasteiger partial charge < -0.3 is 4.74 Å². The number of ether oxygens (including phenoxy) is 1. The number of rotatable bonds is 6. The summed E-state index contributed by atoms with van der Waals surface area (Å²) in [6.45, 7) is 4.45. The largest absolute Gasteiger partial charge is 0.465 e. The van der Waals surface area contributed by atoms with Gasteiger partial charge in [0.15, 0.2) is 0 Å². The predicted octanol–water partition coefficient (Wildman–Crippen LogP) is 3.46. The smallest absolute Gasteiger partial charge is 0.327 e. The highest BCUT2D eigenvalue weighted by atomic mass is 16.5. The molecular formula is C17H25NO2. The summed E-state index contributed by atoms with van der Waals surface area (Å²) in [5.41, 5.74) is 0.982. The van der Waals surface area contributed by atoms with Crippen molar-refractivity contribution in [2.75, 3.05) is 6.61 Å². The summed E-state index contributed by atoms with van der Waals surface area (Å²) in [5, 5.41) is 3.49.